The van der Waals surface area contributed by atoms with Gasteiger partial charge in [0.05, 0.1) is 6.33 Å². The summed E-state index contributed by atoms with van der Waals surface area (Å²) in [6.07, 6.45) is 7.26. The molecule has 0 saturated carbocycles. The lowest BCUT2D eigenvalue weighted by molar-refractivity contribution is -0.138. The highest BCUT2D eigenvalue weighted by atomic mass is 35.5. The fraction of sp³-hybridized carbons (Fsp3) is 0.474. The van der Waals surface area contributed by atoms with Crippen molar-refractivity contribution in [3.05, 3.63) is 53.6 Å². The molecule has 4 nitrogen and oxygen atoms in total. The summed E-state index contributed by atoms with van der Waals surface area (Å²) in [6, 6.07) is 7.03. The van der Waals surface area contributed by atoms with Gasteiger partial charge in [-0.1, -0.05) is 37.1 Å². The molecule has 2 aromatic rings. The molecule has 0 bridgehead atoms. The van der Waals surface area contributed by atoms with Crippen LogP contribution in [-0.2, 0) is 4.79 Å². The average molecular weight is 348 g/mol. The van der Waals surface area contributed by atoms with Crippen LogP contribution in [0.4, 0.5) is 0 Å². The first-order chi connectivity index (χ1) is 11.3. The number of hydrogen-bond acceptors (Lipinski definition) is 2. The van der Waals surface area contributed by atoms with Crippen molar-refractivity contribution in [1.82, 2.24) is 14.5 Å². The van der Waals surface area contributed by atoms with Crippen molar-refractivity contribution in [3.8, 4) is 0 Å². The van der Waals surface area contributed by atoms with Crippen molar-refractivity contribution < 1.29 is 4.79 Å². The molecule has 5 heteroatoms. The highest BCUT2D eigenvalue weighted by molar-refractivity contribution is 6.30. The second kappa shape index (κ2) is 7.84. The van der Waals surface area contributed by atoms with E-state index in [-0.39, 0.29) is 11.4 Å². The van der Waals surface area contributed by atoms with Crippen molar-refractivity contribution in [3.63, 3.8) is 0 Å². The monoisotopic (exact) mass is 347 g/mol. The Morgan fingerprint density at radius 1 is 1.29 bits per heavy atom. The molecule has 0 saturated heterocycles. The van der Waals surface area contributed by atoms with Crippen LogP contribution in [-0.4, -0.2) is 32.4 Å². The van der Waals surface area contributed by atoms with Gasteiger partial charge in [-0.15, -0.1) is 0 Å². The topological polar surface area (TPSA) is 38.1 Å². The highest BCUT2D eigenvalue weighted by Crippen LogP contribution is 2.26. The molecule has 1 unspecified atom stereocenters. The highest BCUT2D eigenvalue weighted by Gasteiger charge is 2.33. The Balaban J connectivity index is 2.42. The van der Waals surface area contributed by atoms with Crippen LogP contribution in [0, 0.1) is 0 Å². The van der Waals surface area contributed by atoms with Gasteiger partial charge in [0.2, 0.25) is 0 Å². The number of nitrogens with zero attached hydrogens (tertiary/aromatic N) is 3. The zero-order valence-electron chi connectivity index (χ0n) is 14.9. The SMILES string of the molecule is CCCCN(C(=O)C(c1ccc(Cl)cc1)n1ccnc1)C(C)(C)C. The van der Waals surface area contributed by atoms with E-state index in [1.807, 2.05) is 39.9 Å². The molecule has 24 heavy (non-hydrogen) atoms. The number of rotatable bonds is 6. The van der Waals surface area contributed by atoms with E-state index in [2.05, 4.69) is 32.7 Å². The molecule has 0 N–H and O–H groups in total. The molecule has 0 aliphatic heterocycles. The summed E-state index contributed by atoms with van der Waals surface area (Å²) in [7, 11) is 0. The van der Waals surface area contributed by atoms with Crippen LogP contribution < -0.4 is 0 Å². The molecule has 1 amide bonds. The minimum Gasteiger partial charge on any atom is -0.336 e. The molecular weight excluding hydrogens is 322 g/mol. The molecule has 0 aliphatic carbocycles. The quantitative estimate of drug-likeness (QED) is 0.768. The zero-order chi connectivity index (χ0) is 17.7. The summed E-state index contributed by atoms with van der Waals surface area (Å²) in [5.74, 6) is 0.0799. The van der Waals surface area contributed by atoms with Gasteiger partial charge >= 0.3 is 0 Å². The second-order valence-electron chi connectivity index (χ2n) is 6.98. The van der Waals surface area contributed by atoms with E-state index in [1.165, 1.54) is 0 Å². The van der Waals surface area contributed by atoms with E-state index in [1.54, 1.807) is 12.5 Å². The Labute approximate surface area is 149 Å². The van der Waals surface area contributed by atoms with Crippen LogP contribution in [0.3, 0.4) is 0 Å². The number of aromatic nitrogens is 2. The third kappa shape index (κ3) is 4.38. The number of carbonyl (C=O) groups is 1. The first-order valence-electron chi connectivity index (χ1n) is 8.39. The van der Waals surface area contributed by atoms with Crippen molar-refractivity contribution in [1.29, 1.82) is 0 Å². The number of benzene rings is 1. The maximum absolute atomic E-state index is 13.4. The lowest BCUT2D eigenvalue weighted by atomic mass is 9.99. The third-order valence-corrected chi connectivity index (χ3v) is 4.31. The fourth-order valence-corrected chi connectivity index (χ4v) is 2.88. The lowest BCUT2D eigenvalue weighted by Gasteiger charge is -2.38. The number of halogens is 1. The van der Waals surface area contributed by atoms with Crippen LogP contribution in [0.5, 0.6) is 0 Å². The third-order valence-electron chi connectivity index (χ3n) is 4.05. The summed E-state index contributed by atoms with van der Waals surface area (Å²) < 4.78 is 1.86. The molecular formula is C19H26ClN3O. The Kier molecular flexibility index (Phi) is 6.05. The number of carbonyl (C=O) groups excluding carboxylic acids is 1. The standard InChI is InChI=1S/C19H26ClN3O/c1-5-6-12-23(19(2,3)4)18(24)17(22-13-11-21-14-22)15-7-9-16(20)10-8-15/h7-11,13-14,17H,5-6,12H2,1-4H3. The molecule has 1 aromatic heterocycles. The molecule has 0 spiro atoms. The van der Waals surface area contributed by atoms with Gasteiger partial charge in [0.15, 0.2) is 0 Å². The van der Waals surface area contributed by atoms with E-state index in [9.17, 15) is 4.79 Å². The van der Waals surface area contributed by atoms with Gasteiger partial charge in [-0.2, -0.15) is 0 Å². The van der Waals surface area contributed by atoms with Gasteiger partial charge in [0.1, 0.15) is 6.04 Å². The predicted octanol–water partition coefficient (Wildman–Crippen LogP) is 4.55. The van der Waals surface area contributed by atoms with Gasteiger partial charge in [0, 0.05) is 29.5 Å². The minimum absolute atomic E-state index is 0.0799. The number of hydrogen-bond donors (Lipinski definition) is 0. The zero-order valence-corrected chi connectivity index (χ0v) is 15.6. The summed E-state index contributed by atoms with van der Waals surface area (Å²) in [5.41, 5.74) is 0.672. The summed E-state index contributed by atoms with van der Waals surface area (Å²) in [4.78, 5) is 19.5. The van der Waals surface area contributed by atoms with E-state index >= 15 is 0 Å². The fourth-order valence-electron chi connectivity index (χ4n) is 2.75. The molecule has 0 aliphatic rings. The molecule has 130 valence electrons. The van der Waals surface area contributed by atoms with Gasteiger partial charge in [-0.3, -0.25) is 4.79 Å². The van der Waals surface area contributed by atoms with Gasteiger partial charge < -0.3 is 9.47 Å². The molecule has 1 aromatic carbocycles. The number of imidazole rings is 1. The maximum atomic E-state index is 13.4. The van der Waals surface area contributed by atoms with Gasteiger partial charge in [-0.05, 0) is 44.9 Å². The van der Waals surface area contributed by atoms with Crippen LogP contribution in [0.15, 0.2) is 43.0 Å². The van der Waals surface area contributed by atoms with Crippen LogP contribution in [0.2, 0.25) is 5.02 Å². The largest absolute Gasteiger partial charge is 0.336 e. The Morgan fingerprint density at radius 3 is 2.46 bits per heavy atom. The maximum Gasteiger partial charge on any atom is 0.250 e. The minimum atomic E-state index is -0.430. The van der Waals surface area contributed by atoms with Crippen LogP contribution in [0.25, 0.3) is 0 Å². The van der Waals surface area contributed by atoms with Crippen molar-refractivity contribution in [2.24, 2.45) is 0 Å². The van der Waals surface area contributed by atoms with Gasteiger partial charge in [0.25, 0.3) is 5.91 Å². The molecule has 1 atom stereocenters. The smallest absolute Gasteiger partial charge is 0.250 e. The van der Waals surface area contributed by atoms with Crippen LogP contribution in [0.1, 0.15) is 52.1 Å². The van der Waals surface area contributed by atoms with Crippen molar-refractivity contribution in [2.75, 3.05) is 6.54 Å². The van der Waals surface area contributed by atoms with E-state index in [0.29, 0.717) is 5.02 Å². The van der Waals surface area contributed by atoms with Crippen molar-refractivity contribution >= 4 is 17.5 Å². The van der Waals surface area contributed by atoms with Crippen molar-refractivity contribution in [2.45, 2.75) is 52.1 Å². The Morgan fingerprint density at radius 2 is 1.96 bits per heavy atom. The number of amides is 1. The Bertz CT molecular complexity index is 644. The number of unbranched alkanes of at least 4 members (excludes halogenated alkanes) is 1. The van der Waals surface area contributed by atoms with Gasteiger partial charge in [-0.25, -0.2) is 4.98 Å². The predicted molar refractivity (Wildman–Crippen MR) is 98.2 cm³/mol. The first-order valence-corrected chi connectivity index (χ1v) is 8.76. The lowest BCUT2D eigenvalue weighted by Crippen LogP contribution is -2.49. The molecule has 0 fully saturated rings. The van der Waals surface area contributed by atoms with E-state index < -0.39 is 6.04 Å². The molecule has 0 radical (unpaired) electrons. The van der Waals surface area contributed by atoms with E-state index in [4.69, 9.17) is 11.6 Å². The summed E-state index contributed by atoms with van der Waals surface area (Å²) >= 11 is 6.01. The normalized spacial score (nSPS) is 12.9. The van der Waals surface area contributed by atoms with E-state index in [0.717, 1.165) is 24.9 Å². The average Bonchev–Trinajstić information content (AvgIpc) is 3.02. The second-order valence-corrected chi connectivity index (χ2v) is 7.41. The first kappa shape index (κ1) is 18.5. The molecule has 2 rings (SSSR count). The van der Waals surface area contributed by atoms with Crippen LogP contribution >= 0.6 is 11.6 Å². The Hall–Kier alpha value is -1.81. The molecule has 1 heterocycles. The summed E-state index contributed by atoms with van der Waals surface area (Å²) in [5, 5.41) is 0.661. The summed E-state index contributed by atoms with van der Waals surface area (Å²) in [6.45, 7) is 9.11.